The van der Waals surface area contributed by atoms with Crippen molar-refractivity contribution in [2.24, 2.45) is 0 Å². The fourth-order valence-corrected chi connectivity index (χ4v) is 2.47. The standard InChI is InChI=1S/C17H23FN2O4/c1-17(2,3)24-16(22)20-7-5-19(6-8-20)14-10-12(15(21)23-4)9-13(18)11-14/h9-11H,5-8H2,1-4H3. The zero-order chi connectivity index (χ0) is 17.9. The van der Waals surface area contributed by atoms with E-state index in [0.717, 1.165) is 6.07 Å². The van der Waals surface area contributed by atoms with E-state index in [1.807, 2.05) is 25.7 Å². The summed E-state index contributed by atoms with van der Waals surface area (Å²) < 4.78 is 23.7. The molecule has 0 aromatic heterocycles. The molecule has 1 aromatic rings. The van der Waals surface area contributed by atoms with Crippen LogP contribution >= 0.6 is 0 Å². The molecule has 0 N–H and O–H groups in total. The van der Waals surface area contributed by atoms with Gasteiger partial charge in [-0.2, -0.15) is 0 Å². The molecule has 0 bridgehead atoms. The predicted molar refractivity (Wildman–Crippen MR) is 87.8 cm³/mol. The summed E-state index contributed by atoms with van der Waals surface area (Å²) in [7, 11) is 1.26. The van der Waals surface area contributed by atoms with Crippen molar-refractivity contribution in [2.75, 3.05) is 38.2 Å². The van der Waals surface area contributed by atoms with E-state index in [1.54, 1.807) is 11.0 Å². The Morgan fingerprint density at radius 2 is 1.71 bits per heavy atom. The van der Waals surface area contributed by atoms with E-state index in [0.29, 0.717) is 31.9 Å². The SMILES string of the molecule is COC(=O)c1cc(F)cc(N2CCN(C(=O)OC(C)(C)C)CC2)c1. The summed E-state index contributed by atoms with van der Waals surface area (Å²) in [6.07, 6.45) is -0.350. The van der Waals surface area contributed by atoms with Crippen molar-refractivity contribution in [3.05, 3.63) is 29.6 Å². The van der Waals surface area contributed by atoms with E-state index in [-0.39, 0.29) is 11.7 Å². The molecule has 1 heterocycles. The van der Waals surface area contributed by atoms with Gasteiger partial charge < -0.3 is 19.3 Å². The molecule has 1 aliphatic rings. The smallest absolute Gasteiger partial charge is 0.410 e. The minimum Gasteiger partial charge on any atom is -0.465 e. The molecule has 0 unspecified atom stereocenters. The van der Waals surface area contributed by atoms with Gasteiger partial charge in [-0.05, 0) is 39.0 Å². The van der Waals surface area contributed by atoms with Gasteiger partial charge >= 0.3 is 12.1 Å². The predicted octanol–water partition coefficient (Wildman–Crippen LogP) is 2.67. The first-order valence-electron chi connectivity index (χ1n) is 7.81. The van der Waals surface area contributed by atoms with Crippen LogP contribution in [0.15, 0.2) is 18.2 Å². The Labute approximate surface area is 141 Å². The summed E-state index contributed by atoms with van der Waals surface area (Å²) >= 11 is 0. The zero-order valence-electron chi connectivity index (χ0n) is 14.5. The number of amides is 1. The number of hydrogen-bond acceptors (Lipinski definition) is 5. The monoisotopic (exact) mass is 338 g/mol. The van der Waals surface area contributed by atoms with Gasteiger partial charge in [-0.15, -0.1) is 0 Å². The van der Waals surface area contributed by atoms with Crippen LogP contribution in [0.1, 0.15) is 31.1 Å². The molecule has 132 valence electrons. The Morgan fingerprint density at radius 1 is 1.08 bits per heavy atom. The molecular weight excluding hydrogens is 315 g/mol. The van der Waals surface area contributed by atoms with Crippen molar-refractivity contribution in [2.45, 2.75) is 26.4 Å². The maximum Gasteiger partial charge on any atom is 0.410 e. The van der Waals surface area contributed by atoms with Crippen molar-refractivity contribution in [1.29, 1.82) is 0 Å². The highest BCUT2D eigenvalue weighted by molar-refractivity contribution is 5.90. The van der Waals surface area contributed by atoms with Gasteiger partial charge in [-0.25, -0.2) is 14.0 Å². The molecule has 1 aromatic carbocycles. The number of piperazine rings is 1. The maximum absolute atomic E-state index is 13.8. The van der Waals surface area contributed by atoms with E-state index in [2.05, 4.69) is 4.74 Å². The number of nitrogens with zero attached hydrogens (tertiary/aromatic N) is 2. The summed E-state index contributed by atoms with van der Waals surface area (Å²) in [4.78, 5) is 27.2. The van der Waals surface area contributed by atoms with Gasteiger partial charge in [0.2, 0.25) is 0 Å². The normalized spacial score (nSPS) is 15.2. The lowest BCUT2D eigenvalue weighted by Crippen LogP contribution is -2.50. The Bertz CT molecular complexity index is 620. The lowest BCUT2D eigenvalue weighted by Gasteiger charge is -2.36. The first-order chi connectivity index (χ1) is 11.2. The van der Waals surface area contributed by atoms with E-state index in [4.69, 9.17) is 4.74 Å². The van der Waals surface area contributed by atoms with Crippen LogP contribution in [0.25, 0.3) is 0 Å². The summed E-state index contributed by atoms with van der Waals surface area (Å²) in [5.41, 5.74) is 0.230. The number of halogens is 1. The molecule has 24 heavy (non-hydrogen) atoms. The number of carbonyl (C=O) groups is 2. The molecule has 1 aliphatic heterocycles. The molecule has 0 radical (unpaired) electrons. The average molecular weight is 338 g/mol. The highest BCUT2D eigenvalue weighted by Gasteiger charge is 2.26. The second-order valence-electron chi connectivity index (χ2n) is 6.64. The third-order valence-corrected chi connectivity index (χ3v) is 3.60. The Morgan fingerprint density at radius 3 is 2.25 bits per heavy atom. The molecule has 0 atom stereocenters. The molecular formula is C17H23FN2O4. The quantitative estimate of drug-likeness (QED) is 0.776. The van der Waals surface area contributed by atoms with Gasteiger partial charge in [0.1, 0.15) is 11.4 Å². The fourth-order valence-electron chi connectivity index (χ4n) is 2.47. The number of esters is 1. The molecule has 7 heteroatoms. The van der Waals surface area contributed by atoms with E-state index < -0.39 is 17.4 Å². The Kier molecular flexibility index (Phi) is 5.31. The summed E-state index contributed by atoms with van der Waals surface area (Å²) in [5, 5.41) is 0. The van der Waals surface area contributed by atoms with Crippen molar-refractivity contribution in [1.82, 2.24) is 4.90 Å². The number of anilines is 1. The van der Waals surface area contributed by atoms with Crippen molar-refractivity contribution >= 4 is 17.7 Å². The third kappa shape index (κ3) is 4.59. The topological polar surface area (TPSA) is 59.1 Å². The van der Waals surface area contributed by atoms with Crippen LogP contribution in [0.2, 0.25) is 0 Å². The number of benzene rings is 1. The molecule has 0 spiro atoms. The maximum atomic E-state index is 13.8. The van der Waals surface area contributed by atoms with Gasteiger partial charge in [-0.1, -0.05) is 0 Å². The van der Waals surface area contributed by atoms with Gasteiger partial charge in [-0.3, -0.25) is 0 Å². The number of hydrogen-bond donors (Lipinski definition) is 0. The lowest BCUT2D eigenvalue weighted by molar-refractivity contribution is 0.0240. The van der Waals surface area contributed by atoms with Crippen LogP contribution in [0.5, 0.6) is 0 Å². The van der Waals surface area contributed by atoms with Crippen LogP contribution < -0.4 is 4.90 Å². The molecule has 6 nitrogen and oxygen atoms in total. The molecule has 1 fully saturated rings. The van der Waals surface area contributed by atoms with E-state index in [1.165, 1.54) is 13.2 Å². The third-order valence-electron chi connectivity index (χ3n) is 3.60. The highest BCUT2D eigenvalue weighted by Crippen LogP contribution is 2.21. The van der Waals surface area contributed by atoms with Crippen LogP contribution in [0, 0.1) is 5.82 Å². The summed E-state index contributed by atoms with van der Waals surface area (Å²) in [5.74, 6) is -1.08. The van der Waals surface area contributed by atoms with Gasteiger partial charge in [0.05, 0.1) is 12.7 Å². The number of carbonyl (C=O) groups excluding carboxylic acids is 2. The second kappa shape index (κ2) is 7.07. The van der Waals surface area contributed by atoms with Crippen molar-refractivity contribution < 1.29 is 23.5 Å². The summed E-state index contributed by atoms with van der Waals surface area (Å²) in [6, 6.07) is 4.11. The molecule has 0 saturated carbocycles. The highest BCUT2D eigenvalue weighted by atomic mass is 19.1. The van der Waals surface area contributed by atoms with Crippen LogP contribution in [0.4, 0.5) is 14.9 Å². The molecule has 1 saturated heterocycles. The second-order valence-corrected chi connectivity index (χ2v) is 6.64. The first kappa shape index (κ1) is 18.0. The lowest BCUT2D eigenvalue weighted by atomic mass is 10.1. The minimum atomic E-state index is -0.580. The number of methoxy groups -OCH3 is 1. The van der Waals surface area contributed by atoms with E-state index >= 15 is 0 Å². The average Bonchev–Trinajstić information content (AvgIpc) is 2.52. The number of rotatable bonds is 2. The van der Waals surface area contributed by atoms with Crippen LogP contribution in [-0.2, 0) is 9.47 Å². The first-order valence-corrected chi connectivity index (χ1v) is 7.81. The number of ether oxygens (including phenoxy) is 2. The van der Waals surface area contributed by atoms with Gasteiger partial charge in [0, 0.05) is 31.9 Å². The van der Waals surface area contributed by atoms with Gasteiger partial charge in [0.15, 0.2) is 0 Å². The van der Waals surface area contributed by atoms with Gasteiger partial charge in [0.25, 0.3) is 0 Å². The Balaban J connectivity index is 2.03. The largest absolute Gasteiger partial charge is 0.465 e. The zero-order valence-corrected chi connectivity index (χ0v) is 14.5. The van der Waals surface area contributed by atoms with Crippen LogP contribution in [0.3, 0.4) is 0 Å². The van der Waals surface area contributed by atoms with Crippen molar-refractivity contribution in [3.8, 4) is 0 Å². The molecule has 0 aliphatic carbocycles. The Hall–Kier alpha value is -2.31. The molecule has 2 rings (SSSR count). The minimum absolute atomic E-state index is 0.169. The van der Waals surface area contributed by atoms with E-state index in [9.17, 15) is 14.0 Å². The van der Waals surface area contributed by atoms with Crippen molar-refractivity contribution in [3.63, 3.8) is 0 Å². The fraction of sp³-hybridized carbons (Fsp3) is 0.529. The molecule has 1 amide bonds. The van der Waals surface area contributed by atoms with Crippen LogP contribution in [-0.4, -0.2) is 55.9 Å². The summed E-state index contributed by atoms with van der Waals surface area (Å²) in [6.45, 7) is 7.47.